The molecule has 0 bridgehead atoms. The van der Waals surface area contributed by atoms with E-state index in [2.05, 4.69) is 32.2 Å². The fraction of sp³-hybridized carbons (Fsp3) is 0.538. The Labute approximate surface area is 96.8 Å². The first-order chi connectivity index (χ1) is 7.68. The molecule has 1 N–H and O–H groups in total. The summed E-state index contributed by atoms with van der Waals surface area (Å²) in [7, 11) is 0. The molecule has 0 fully saturated rings. The van der Waals surface area contributed by atoms with Crippen molar-refractivity contribution in [1.29, 1.82) is 0 Å². The number of fused-ring (bicyclic) bond motifs is 1. The Balaban J connectivity index is 2.20. The molecule has 0 radical (unpaired) electrons. The van der Waals surface area contributed by atoms with Crippen LogP contribution in [0.3, 0.4) is 0 Å². The molecule has 0 saturated carbocycles. The number of nitrogens with one attached hydrogen (secondary N) is 1. The van der Waals surface area contributed by atoms with E-state index in [0.717, 1.165) is 18.0 Å². The molecular formula is C13H19NO2. The van der Waals surface area contributed by atoms with E-state index in [1.54, 1.807) is 0 Å². The van der Waals surface area contributed by atoms with Gasteiger partial charge in [-0.05, 0) is 24.1 Å². The van der Waals surface area contributed by atoms with E-state index in [0.29, 0.717) is 19.3 Å². The molecule has 0 atom stereocenters. The average Bonchev–Trinajstić information content (AvgIpc) is 2.28. The van der Waals surface area contributed by atoms with E-state index in [-0.39, 0.29) is 0 Å². The van der Waals surface area contributed by atoms with Crippen molar-refractivity contribution in [2.24, 2.45) is 0 Å². The molecule has 0 saturated heterocycles. The summed E-state index contributed by atoms with van der Waals surface area (Å²) in [5.74, 6) is 1.78. The zero-order chi connectivity index (χ0) is 11.5. The maximum absolute atomic E-state index is 5.65. The lowest BCUT2D eigenvalue weighted by molar-refractivity contribution is 0.170. The average molecular weight is 221 g/mol. The molecule has 16 heavy (non-hydrogen) atoms. The summed E-state index contributed by atoms with van der Waals surface area (Å²) in [6, 6.07) is 4.60. The van der Waals surface area contributed by atoms with Crippen LogP contribution in [0.15, 0.2) is 12.1 Å². The topological polar surface area (TPSA) is 30.5 Å². The molecule has 3 heteroatoms. The zero-order valence-electron chi connectivity index (χ0n) is 10.2. The van der Waals surface area contributed by atoms with E-state index in [1.165, 1.54) is 11.1 Å². The Morgan fingerprint density at radius 3 is 2.75 bits per heavy atom. The molecule has 0 spiro atoms. The number of benzene rings is 1. The first kappa shape index (κ1) is 11.3. The molecule has 2 rings (SSSR count). The van der Waals surface area contributed by atoms with Crippen LogP contribution in [0, 0.1) is 6.92 Å². The smallest absolute Gasteiger partial charge is 0.164 e. The van der Waals surface area contributed by atoms with Crippen LogP contribution in [0.25, 0.3) is 0 Å². The van der Waals surface area contributed by atoms with Crippen molar-refractivity contribution in [3.8, 4) is 11.5 Å². The highest BCUT2D eigenvalue weighted by Crippen LogP contribution is 2.35. The maximum Gasteiger partial charge on any atom is 0.164 e. The fourth-order valence-corrected chi connectivity index (χ4v) is 1.80. The molecule has 1 aliphatic heterocycles. The molecule has 0 aromatic heterocycles. The van der Waals surface area contributed by atoms with E-state index < -0.39 is 0 Å². The Morgan fingerprint density at radius 1 is 1.25 bits per heavy atom. The predicted octanol–water partition coefficient (Wildman–Crippen LogP) is 2.26. The van der Waals surface area contributed by atoms with Crippen LogP contribution in [0.4, 0.5) is 0 Å². The standard InChI is InChI=1S/C13H19NO2/c1-9(2)14-8-11-4-5-12-13(10(11)3)16-7-6-15-12/h4-5,9,14H,6-8H2,1-3H3. The van der Waals surface area contributed by atoms with Crippen LogP contribution in [0.2, 0.25) is 0 Å². The zero-order valence-corrected chi connectivity index (χ0v) is 10.2. The fourth-order valence-electron chi connectivity index (χ4n) is 1.80. The molecule has 0 unspecified atom stereocenters. The molecule has 88 valence electrons. The van der Waals surface area contributed by atoms with Gasteiger partial charge < -0.3 is 14.8 Å². The highest BCUT2D eigenvalue weighted by Gasteiger charge is 2.16. The van der Waals surface area contributed by atoms with Crippen LogP contribution in [-0.2, 0) is 6.54 Å². The van der Waals surface area contributed by atoms with Gasteiger partial charge in [-0.25, -0.2) is 0 Å². The minimum atomic E-state index is 0.493. The van der Waals surface area contributed by atoms with Crippen LogP contribution >= 0.6 is 0 Å². The maximum atomic E-state index is 5.65. The van der Waals surface area contributed by atoms with Crippen molar-refractivity contribution in [3.63, 3.8) is 0 Å². The van der Waals surface area contributed by atoms with E-state index in [4.69, 9.17) is 9.47 Å². The number of rotatable bonds is 3. The van der Waals surface area contributed by atoms with Gasteiger partial charge >= 0.3 is 0 Å². The van der Waals surface area contributed by atoms with Gasteiger partial charge in [0.2, 0.25) is 0 Å². The summed E-state index contributed by atoms with van der Waals surface area (Å²) in [6.45, 7) is 8.55. The van der Waals surface area contributed by atoms with Crippen LogP contribution in [0.1, 0.15) is 25.0 Å². The first-order valence-electron chi connectivity index (χ1n) is 5.80. The third kappa shape index (κ3) is 2.30. The summed E-state index contributed by atoms with van der Waals surface area (Å²) >= 11 is 0. The molecular weight excluding hydrogens is 202 g/mol. The van der Waals surface area contributed by atoms with Crippen LogP contribution in [-0.4, -0.2) is 19.3 Å². The third-order valence-corrected chi connectivity index (χ3v) is 2.77. The Bertz CT molecular complexity index is 374. The molecule has 0 amide bonds. The van der Waals surface area contributed by atoms with Crippen molar-refractivity contribution in [3.05, 3.63) is 23.3 Å². The molecule has 1 heterocycles. The van der Waals surface area contributed by atoms with Gasteiger partial charge in [-0.15, -0.1) is 0 Å². The first-order valence-corrected chi connectivity index (χ1v) is 5.80. The van der Waals surface area contributed by atoms with Crippen LogP contribution in [0.5, 0.6) is 11.5 Å². The lowest BCUT2D eigenvalue weighted by Gasteiger charge is -2.22. The summed E-state index contributed by atoms with van der Waals surface area (Å²) in [5, 5.41) is 3.41. The van der Waals surface area contributed by atoms with Crippen LogP contribution < -0.4 is 14.8 Å². The Kier molecular flexibility index (Phi) is 3.34. The quantitative estimate of drug-likeness (QED) is 0.849. The summed E-state index contributed by atoms with van der Waals surface area (Å²) < 4.78 is 11.2. The van der Waals surface area contributed by atoms with Gasteiger partial charge in [0.1, 0.15) is 13.2 Å². The summed E-state index contributed by atoms with van der Waals surface area (Å²) in [5.41, 5.74) is 2.46. The van der Waals surface area contributed by atoms with Crippen molar-refractivity contribution in [2.45, 2.75) is 33.4 Å². The second-order valence-corrected chi connectivity index (χ2v) is 4.41. The van der Waals surface area contributed by atoms with E-state index >= 15 is 0 Å². The second kappa shape index (κ2) is 4.74. The largest absolute Gasteiger partial charge is 0.486 e. The number of hydrogen-bond acceptors (Lipinski definition) is 3. The minimum absolute atomic E-state index is 0.493. The third-order valence-electron chi connectivity index (χ3n) is 2.77. The van der Waals surface area contributed by atoms with Gasteiger partial charge in [-0.2, -0.15) is 0 Å². The van der Waals surface area contributed by atoms with Gasteiger partial charge in [0, 0.05) is 12.6 Å². The van der Waals surface area contributed by atoms with E-state index in [9.17, 15) is 0 Å². The van der Waals surface area contributed by atoms with Crippen molar-refractivity contribution in [1.82, 2.24) is 5.32 Å². The van der Waals surface area contributed by atoms with Gasteiger partial charge in [-0.3, -0.25) is 0 Å². The summed E-state index contributed by atoms with van der Waals surface area (Å²) in [4.78, 5) is 0. The molecule has 1 aromatic rings. The SMILES string of the molecule is Cc1c(CNC(C)C)ccc2c1OCCO2. The highest BCUT2D eigenvalue weighted by atomic mass is 16.6. The highest BCUT2D eigenvalue weighted by molar-refractivity contribution is 5.50. The van der Waals surface area contributed by atoms with E-state index in [1.807, 2.05) is 6.07 Å². The minimum Gasteiger partial charge on any atom is -0.486 e. The normalized spacial score (nSPS) is 14.2. The molecule has 1 aliphatic rings. The monoisotopic (exact) mass is 221 g/mol. The van der Waals surface area contributed by atoms with Gasteiger partial charge in [0.15, 0.2) is 11.5 Å². The molecule has 1 aromatic carbocycles. The second-order valence-electron chi connectivity index (χ2n) is 4.41. The Morgan fingerprint density at radius 2 is 2.00 bits per heavy atom. The Hall–Kier alpha value is -1.22. The summed E-state index contributed by atoms with van der Waals surface area (Å²) in [6.07, 6.45) is 0. The van der Waals surface area contributed by atoms with Gasteiger partial charge in [-0.1, -0.05) is 19.9 Å². The number of ether oxygens (including phenoxy) is 2. The lowest BCUT2D eigenvalue weighted by atomic mass is 10.1. The number of hydrogen-bond donors (Lipinski definition) is 1. The van der Waals surface area contributed by atoms with Crippen molar-refractivity contribution >= 4 is 0 Å². The lowest BCUT2D eigenvalue weighted by Crippen LogP contribution is -2.23. The molecule has 0 aliphatic carbocycles. The van der Waals surface area contributed by atoms with Crippen molar-refractivity contribution in [2.75, 3.05) is 13.2 Å². The van der Waals surface area contributed by atoms with Gasteiger partial charge in [0.25, 0.3) is 0 Å². The molecule has 3 nitrogen and oxygen atoms in total. The van der Waals surface area contributed by atoms with Gasteiger partial charge in [0.05, 0.1) is 0 Å². The van der Waals surface area contributed by atoms with Crippen molar-refractivity contribution < 1.29 is 9.47 Å². The predicted molar refractivity (Wildman–Crippen MR) is 64.1 cm³/mol.